The highest BCUT2D eigenvalue weighted by Gasteiger charge is 2.12. The first-order chi connectivity index (χ1) is 12.5. The van der Waals surface area contributed by atoms with Gasteiger partial charge < -0.3 is 4.42 Å². The summed E-state index contributed by atoms with van der Waals surface area (Å²) in [5.41, 5.74) is 1.44. The summed E-state index contributed by atoms with van der Waals surface area (Å²) in [5, 5.41) is 0.603. The SMILES string of the molecule is CC(C)N=c1ccccn1C(=O)CCc1ncc(-c2ccccc2Cl)o1. The Hall–Kier alpha value is -2.66. The average Bonchev–Trinajstić information content (AvgIpc) is 3.09. The molecule has 26 heavy (non-hydrogen) atoms. The number of oxazole rings is 1. The van der Waals surface area contributed by atoms with Crippen molar-refractivity contribution in [3.8, 4) is 11.3 Å². The number of aryl methyl sites for hydroxylation is 1. The molecule has 0 aliphatic rings. The van der Waals surface area contributed by atoms with Crippen LogP contribution in [0.3, 0.4) is 0 Å². The minimum absolute atomic E-state index is 0.0532. The summed E-state index contributed by atoms with van der Waals surface area (Å²) in [6.07, 6.45) is 4.05. The van der Waals surface area contributed by atoms with Crippen molar-refractivity contribution in [2.45, 2.75) is 32.7 Å². The molecule has 0 bridgehead atoms. The minimum atomic E-state index is -0.0532. The lowest BCUT2D eigenvalue weighted by Gasteiger charge is -2.06. The number of nitrogens with zero attached hydrogens (tertiary/aromatic N) is 3. The molecular weight excluding hydrogens is 350 g/mol. The predicted octanol–water partition coefficient (Wildman–Crippen LogP) is 4.38. The second-order valence-electron chi connectivity index (χ2n) is 6.14. The number of carbonyl (C=O) groups is 1. The summed E-state index contributed by atoms with van der Waals surface area (Å²) in [5.74, 6) is 1.05. The van der Waals surface area contributed by atoms with E-state index in [1.54, 1.807) is 23.0 Å². The van der Waals surface area contributed by atoms with Crippen LogP contribution in [-0.2, 0) is 6.42 Å². The van der Waals surface area contributed by atoms with E-state index in [-0.39, 0.29) is 18.4 Å². The molecule has 134 valence electrons. The molecule has 0 aliphatic carbocycles. The van der Waals surface area contributed by atoms with Gasteiger partial charge >= 0.3 is 0 Å². The van der Waals surface area contributed by atoms with Gasteiger partial charge in [0.2, 0.25) is 5.91 Å². The van der Waals surface area contributed by atoms with Gasteiger partial charge in [-0.25, -0.2) is 4.98 Å². The van der Waals surface area contributed by atoms with Gasteiger partial charge in [0.25, 0.3) is 0 Å². The Morgan fingerprint density at radius 3 is 2.77 bits per heavy atom. The summed E-state index contributed by atoms with van der Waals surface area (Å²) >= 11 is 6.18. The molecule has 2 aromatic heterocycles. The lowest BCUT2D eigenvalue weighted by atomic mass is 10.2. The number of hydrogen-bond donors (Lipinski definition) is 0. The van der Waals surface area contributed by atoms with E-state index in [0.29, 0.717) is 28.6 Å². The van der Waals surface area contributed by atoms with Gasteiger partial charge in [-0.15, -0.1) is 0 Å². The third-order valence-corrected chi connectivity index (χ3v) is 4.07. The van der Waals surface area contributed by atoms with E-state index in [1.807, 2.05) is 50.2 Å². The zero-order chi connectivity index (χ0) is 18.5. The van der Waals surface area contributed by atoms with Crippen LogP contribution in [0.4, 0.5) is 0 Å². The summed E-state index contributed by atoms with van der Waals surface area (Å²) in [7, 11) is 0. The Kier molecular flexibility index (Phi) is 5.68. The van der Waals surface area contributed by atoms with Crippen molar-refractivity contribution in [1.82, 2.24) is 9.55 Å². The molecule has 1 aromatic carbocycles. The van der Waals surface area contributed by atoms with E-state index >= 15 is 0 Å². The summed E-state index contributed by atoms with van der Waals surface area (Å²) in [4.78, 5) is 21.3. The lowest BCUT2D eigenvalue weighted by molar-refractivity contribution is 0.0894. The molecule has 3 rings (SSSR count). The average molecular weight is 370 g/mol. The highest BCUT2D eigenvalue weighted by molar-refractivity contribution is 6.33. The smallest absolute Gasteiger partial charge is 0.232 e. The highest BCUT2D eigenvalue weighted by atomic mass is 35.5. The molecule has 0 amide bonds. The normalized spacial score (nSPS) is 11.9. The molecular formula is C20H20ClN3O2. The fourth-order valence-electron chi connectivity index (χ4n) is 2.56. The molecule has 0 fully saturated rings. The van der Waals surface area contributed by atoms with Crippen LogP contribution in [0.25, 0.3) is 11.3 Å². The second-order valence-corrected chi connectivity index (χ2v) is 6.55. The van der Waals surface area contributed by atoms with Crippen LogP contribution < -0.4 is 5.49 Å². The number of pyridine rings is 1. The van der Waals surface area contributed by atoms with Crippen molar-refractivity contribution in [3.63, 3.8) is 0 Å². The standard InChI is InChI=1S/C20H20ClN3O2/c1-14(2)23-18-9-5-6-12-24(18)20(25)11-10-19-22-13-17(26-19)15-7-3-4-8-16(15)21/h3-9,12-14H,10-11H2,1-2H3. The maximum Gasteiger partial charge on any atom is 0.232 e. The molecule has 0 saturated heterocycles. The van der Waals surface area contributed by atoms with Crippen molar-refractivity contribution in [1.29, 1.82) is 0 Å². The first-order valence-corrected chi connectivity index (χ1v) is 8.86. The topological polar surface area (TPSA) is 60.4 Å². The van der Waals surface area contributed by atoms with Gasteiger partial charge in [-0.2, -0.15) is 0 Å². The number of rotatable bonds is 5. The van der Waals surface area contributed by atoms with Gasteiger partial charge in [-0.05, 0) is 38.1 Å². The third-order valence-electron chi connectivity index (χ3n) is 3.74. The lowest BCUT2D eigenvalue weighted by Crippen LogP contribution is -2.27. The van der Waals surface area contributed by atoms with Gasteiger partial charge in [-0.1, -0.05) is 29.8 Å². The first-order valence-electron chi connectivity index (χ1n) is 8.49. The summed E-state index contributed by atoms with van der Waals surface area (Å²) in [6.45, 7) is 3.95. The molecule has 0 atom stereocenters. The van der Waals surface area contributed by atoms with Gasteiger partial charge in [0.15, 0.2) is 11.7 Å². The highest BCUT2D eigenvalue weighted by Crippen LogP contribution is 2.28. The Morgan fingerprint density at radius 2 is 2.00 bits per heavy atom. The number of halogens is 1. The van der Waals surface area contributed by atoms with Crippen LogP contribution in [0.2, 0.25) is 5.02 Å². The Morgan fingerprint density at radius 1 is 1.23 bits per heavy atom. The Labute approximate surface area is 157 Å². The summed E-state index contributed by atoms with van der Waals surface area (Å²) in [6, 6.07) is 13.1. The van der Waals surface area contributed by atoms with E-state index in [9.17, 15) is 4.79 Å². The fraction of sp³-hybridized carbons (Fsp3) is 0.250. The second kappa shape index (κ2) is 8.15. The maximum absolute atomic E-state index is 12.6. The first kappa shape index (κ1) is 18.1. The third kappa shape index (κ3) is 4.29. The minimum Gasteiger partial charge on any atom is -0.441 e. The molecule has 0 N–H and O–H groups in total. The monoisotopic (exact) mass is 369 g/mol. The number of benzene rings is 1. The molecule has 3 aromatic rings. The van der Waals surface area contributed by atoms with E-state index in [1.165, 1.54) is 0 Å². The van der Waals surface area contributed by atoms with Crippen molar-refractivity contribution in [2.24, 2.45) is 4.99 Å². The van der Waals surface area contributed by atoms with Crippen molar-refractivity contribution in [3.05, 3.63) is 71.3 Å². The molecule has 5 nitrogen and oxygen atoms in total. The fourth-order valence-corrected chi connectivity index (χ4v) is 2.79. The molecule has 0 spiro atoms. The maximum atomic E-state index is 12.6. The van der Waals surface area contributed by atoms with Crippen molar-refractivity contribution < 1.29 is 9.21 Å². The number of hydrogen-bond acceptors (Lipinski definition) is 4. The molecule has 0 radical (unpaired) electrons. The van der Waals surface area contributed by atoms with E-state index < -0.39 is 0 Å². The van der Waals surface area contributed by atoms with E-state index in [0.717, 1.165) is 5.56 Å². The largest absolute Gasteiger partial charge is 0.441 e. The van der Waals surface area contributed by atoms with E-state index in [4.69, 9.17) is 16.0 Å². The number of carbonyl (C=O) groups excluding carboxylic acids is 1. The zero-order valence-corrected chi connectivity index (χ0v) is 15.5. The van der Waals surface area contributed by atoms with Crippen LogP contribution in [0.15, 0.2) is 64.3 Å². The van der Waals surface area contributed by atoms with Crippen molar-refractivity contribution in [2.75, 3.05) is 0 Å². The molecule has 0 saturated carbocycles. The van der Waals surface area contributed by atoms with Crippen LogP contribution in [0, 0.1) is 0 Å². The Bertz CT molecular complexity index is 973. The van der Waals surface area contributed by atoms with Crippen molar-refractivity contribution >= 4 is 17.5 Å². The predicted molar refractivity (Wildman–Crippen MR) is 101 cm³/mol. The van der Waals surface area contributed by atoms with Gasteiger partial charge in [0.1, 0.15) is 5.49 Å². The quantitative estimate of drug-likeness (QED) is 0.670. The number of aromatic nitrogens is 2. The molecule has 0 aliphatic heterocycles. The Balaban J connectivity index is 1.73. The molecule has 2 heterocycles. The van der Waals surface area contributed by atoms with Crippen LogP contribution >= 0.6 is 11.6 Å². The molecule has 6 heteroatoms. The molecule has 0 unspecified atom stereocenters. The van der Waals surface area contributed by atoms with E-state index in [2.05, 4.69) is 9.98 Å². The van der Waals surface area contributed by atoms with Crippen LogP contribution in [0.5, 0.6) is 0 Å². The van der Waals surface area contributed by atoms with Gasteiger partial charge in [0.05, 0.1) is 11.2 Å². The van der Waals surface area contributed by atoms with Gasteiger partial charge in [-0.3, -0.25) is 14.4 Å². The zero-order valence-electron chi connectivity index (χ0n) is 14.7. The summed E-state index contributed by atoms with van der Waals surface area (Å²) < 4.78 is 7.32. The van der Waals surface area contributed by atoms with Crippen LogP contribution in [0.1, 0.15) is 31.0 Å². The van der Waals surface area contributed by atoms with Crippen LogP contribution in [-0.4, -0.2) is 21.5 Å². The van der Waals surface area contributed by atoms with Gasteiger partial charge in [0, 0.05) is 30.6 Å².